The Labute approximate surface area is 83.3 Å². The third kappa shape index (κ3) is 4.66. The van der Waals surface area contributed by atoms with E-state index in [1.807, 2.05) is 13.8 Å². The lowest BCUT2D eigenvalue weighted by Crippen LogP contribution is -2.45. The quantitative estimate of drug-likeness (QED) is 0.196. The summed E-state index contributed by atoms with van der Waals surface area (Å²) < 4.78 is 0. The molecule has 1 amide bonds. The number of rotatable bonds is 6. The Morgan fingerprint density at radius 3 is 2.43 bits per heavy atom. The molecule has 6 nitrogen and oxygen atoms in total. The summed E-state index contributed by atoms with van der Waals surface area (Å²) in [4.78, 5) is 10.9. The Hall–Kier alpha value is -1.30. The molecule has 0 spiro atoms. The number of amidine groups is 1. The number of hydrogen-bond donors (Lipinski definition) is 4. The van der Waals surface area contributed by atoms with E-state index in [9.17, 15) is 4.79 Å². The number of primary amides is 1. The SMILES string of the molecule is CC(C)C(NCCC(N)=NO)C(N)=O. The van der Waals surface area contributed by atoms with Gasteiger partial charge in [-0.3, -0.25) is 4.79 Å². The third-order valence-electron chi connectivity index (χ3n) is 1.85. The fourth-order valence-corrected chi connectivity index (χ4v) is 1.07. The molecular formula is C8H18N4O2. The van der Waals surface area contributed by atoms with Crippen molar-refractivity contribution in [3.8, 4) is 0 Å². The number of carbonyl (C=O) groups excluding carboxylic acids is 1. The highest BCUT2D eigenvalue weighted by atomic mass is 16.4. The molecule has 0 heterocycles. The number of amides is 1. The van der Waals surface area contributed by atoms with E-state index in [1.54, 1.807) is 0 Å². The first-order valence-electron chi connectivity index (χ1n) is 4.48. The molecule has 0 aliphatic carbocycles. The Bertz CT molecular complexity index is 215. The summed E-state index contributed by atoms with van der Waals surface area (Å²) in [6.07, 6.45) is 0.382. The maximum Gasteiger partial charge on any atom is 0.234 e. The maximum atomic E-state index is 10.9. The maximum absolute atomic E-state index is 10.9. The summed E-state index contributed by atoms with van der Waals surface area (Å²) in [7, 11) is 0. The molecule has 0 aromatic carbocycles. The average molecular weight is 202 g/mol. The van der Waals surface area contributed by atoms with Crippen LogP contribution in [0.25, 0.3) is 0 Å². The van der Waals surface area contributed by atoms with E-state index in [0.717, 1.165) is 0 Å². The molecule has 0 aromatic heterocycles. The van der Waals surface area contributed by atoms with Crippen LogP contribution in [-0.4, -0.2) is 29.5 Å². The standard InChI is InChI=1S/C8H18N4O2/c1-5(2)7(8(10)13)11-4-3-6(9)12-14/h5,7,11,14H,3-4H2,1-2H3,(H2,9,12)(H2,10,13). The van der Waals surface area contributed by atoms with Gasteiger partial charge in [-0.25, -0.2) is 0 Å². The van der Waals surface area contributed by atoms with E-state index in [1.165, 1.54) is 0 Å². The molecular weight excluding hydrogens is 184 g/mol. The van der Waals surface area contributed by atoms with Crippen LogP contribution in [0, 0.1) is 5.92 Å². The minimum Gasteiger partial charge on any atom is -0.409 e. The summed E-state index contributed by atoms with van der Waals surface area (Å²) in [5.74, 6) is -0.135. The molecule has 0 saturated carbocycles. The van der Waals surface area contributed by atoms with Gasteiger partial charge in [0.1, 0.15) is 5.84 Å². The molecule has 0 rings (SSSR count). The van der Waals surface area contributed by atoms with Gasteiger partial charge in [0.15, 0.2) is 0 Å². The molecule has 0 radical (unpaired) electrons. The lowest BCUT2D eigenvalue weighted by molar-refractivity contribution is -0.120. The van der Waals surface area contributed by atoms with Crippen LogP contribution in [0.15, 0.2) is 5.16 Å². The predicted molar refractivity (Wildman–Crippen MR) is 53.8 cm³/mol. The van der Waals surface area contributed by atoms with Gasteiger partial charge in [-0.1, -0.05) is 19.0 Å². The zero-order valence-electron chi connectivity index (χ0n) is 8.53. The normalized spacial score (nSPS) is 14.4. The molecule has 82 valence electrons. The van der Waals surface area contributed by atoms with Crippen molar-refractivity contribution >= 4 is 11.7 Å². The summed E-state index contributed by atoms with van der Waals surface area (Å²) in [6.45, 7) is 4.25. The molecule has 1 atom stereocenters. The topological polar surface area (TPSA) is 114 Å². The van der Waals surface area contributed by atoms with E-state index < -0.39 is 0 Å². The molecule has 0 saturated heterocycles. The molecule has 0 aliphatic heterocycles. The molecule has 14 heavy (non-hydrogen) atoms. The summed E-state index contributed by atoms with van der Waals surface area (Å²) in [6, 6.07) is -0.374. The van der Waals surface area contributed by atoms with Crippen molar-refractivity contribution in [2.75, 3.05) is 6.54 Å². The van der Waals surface area contributed by atoms with Gasteiger partial charge in [0, 0.05) is 13.0 Å². The molecule has 6 N–H and O–H groups in total. The van der Waals surface area contributed by atoms with Crippen LogP contribution in [0.2, 0.25) is 0 Å². The van der Waals surface area contributed by atoms with Crippen molar-refractivity contribution in [2.45, 2.75) is 26.3 Å². The largest absolute Gasteiger partial charge is 0.409 e. The number of nitrogens with one attached hydrogen (secondary N) is 1. The number of oxime groups is 1. The lowest BCUT2D eigenvalue weighted by Gasteiger charge is -2.18. The van der Waals surface area contributed by atoms with E-state index >= 15 is 0 Å². The van der Waals surface area contributed by atoms with Gasteiger partial charge in [0.2, 0.25) is 5.91 Å². The van der Waals surface area contributed by atoms with E-state index in [4.69, 9.17) is 16.7 Å². The molecule has 0 fully saturated rings. The molecule has 1 unspecified atom stereocenters. The molecule has 0 bridgehead atoms. The van der Waals surface area contributed by atoms with Gasteiger partial charge in [-0.05, 0) is 5.92 Å². The third-order valence-corrected chi connectivity index (χ3v) is 1.85. The van der Waals surface area contributed by atoms with Crippen LogP contribution in [0.4, 0.5) is 0 Å². The Kier molecular flexibility index (Phi) is 5.62. The lowest BCUT2D eigenvalue weighted by atomic mass is 10.0. The van der Waals surface area contributed by atoms with Gasteiger partial charge < -0.3 is 22.0 Å². The van der Waals surface area contributed by atoms with Crippen LogP contribution in [-0.2, 0) is 4.79 Å². The summed E-state index contributed by atoms with van der Waals surface area (Å²) in [5.41, 5.74) is 10.4. The first kappa shape index (κ1) is 12.7. The van der Waals surface area contributed by atoms with Gasteiger partial charge in [-0.2, -0.15) is 0 Å². The fraction of sp³-hybridized carbons (Fsp3) is 0.750. The fourth-order valence-electron chi connectivity index (χ4n) is 1.07. The van der Waals surface area contributed by atoms with E-state index in [-0.39, 0.29) is 23.7 Å². The summed E-state index contributed by atoms with van der Waals surface area (Å²) >= 11 is 0. The summed E-state index contributed by atoms with van der Waals surface area (Å²) in [5, 5.41) is 14.0. The second-order valence-electron chi connectivity index (χ2n) is 3.42. The zero-order chi connectivity index (χ0) is 11.1. The van der Waals surface area contributed by atoms with Crippen molar-refractivity contribution < 1.29 is 10.0 Å². The van der Waals surface area contributed by atoms with Crippen LogP contribution in [0.1, 0.15) is 20.3 Å². The Balaban J connectivity index is 3.90. The second kappa shape index (κ2) is 6.20. The van der Waals surface area contributed by atoms with Crippen molar-refractivity contribution in [1.82, 2.24) is 5.32 Å². The number of nitrogens with two attached hydrogens (primary N) is 2. The van der Waals surface area contributed by atoms with Gasteiger partial charge in [-0.15, -0.1) is 0 Å². The van der Waals surface area contributed by atoms with Crippen LogP contribution in [0.5, 0.6) is 0 Å². The zero-order valence-corrected chi connectivity index (χ0v) is 8.53. The van der Waals surface area contributed by atoms with Crippen LogP contribution in [0.3, 0.4) is 0 Å². The first-order chi connectivity index (χ1) is 6.49. The highest BCUT2D eigenvalue weighted by Crippen LogP contribution is 2.00. The molecule has 6 heteroatoms. The number of carbonyl (C=O) groups is 1. The Morgan fingerprint density at radius 1 is 1.50 bits per heavy atom. The number of hydrogen-bond acceptors (Lipinski definition) is 4. The van der Waals surface area contributed by atoms with E-state index in [0.29, 0.717) is 13.0 Å². The smallest absolute Gasteiger partial charge is 0.234 e. The minimum atomic E-state index is -0.389. The van der Waals surface area contributed by atoms with Crippen LogP contribution >= 0.6 is 0 Å². The van der Waals surface area contributed by atoms with Gasteiger partial charge in [0.05, 0.1) is 6.04 Å². The minimum absolute atomic E-state index is 0.125. The van der Waals surface area contributed by atoms with Crippen molar-refractivity contribution in [3.63, 3.8) is 0 Å². The van der Waals surface area contributed by atoms with Crippen LogP contribution < -0.4 is 16.8 Å². The average Bonchev–Trinajstić information content (AvgIpc) is 2.10. The molecule has 0 aliphatic rings. The monoisotopic (exact) mass is 202 g/mol. The van der Waals surface area contributed by atoms with Crippen molar-refractivity contribution in [1.29, 1.82) is 0 Å². The molecule has 0 aromatic rings. The predicted octanol–water partition coefficient (Wildman–Crippen LogP) is -0.778. The van der Waals surface area contributed by atoms with Gasteiger partial charge >= 0.3 is 0 Å². The van der Waals surface area contributed by atoms with Crippen molar-refractivity contribution in [2.24, 2.45) is 22.5 Å². The van der Waals surface area contributed by atoms with Crippen molar-refractivity contribution in [3.05, 3.63) is 0 Å². The number of nitrogens with zero attached hydrogens (tertiary/aromatic N) is 1. The second-order valence-corrected chi connectivity index (χ2v) is 3.42. The highest BCUT2D eigenvalue weighted by molar-refractivity contribution is 5.81. The van der Waals surface area contributed by atoms with Gasteiger partial charge in [0.25, 0.3) is 0 Å². The Morgan fingerprint density at radius 2 is 2.07 bits per heavy atom. The van der Waals surface area contributed by atoms with E-state index in [2.05, 4.69) is 10.5 Å². The highest BCUT2D eigenvalue weighted by Gasteiger charge is 2.17. The first-order valence-corrected chi connectivity index (χ1v) is 4.48.